The third kappa shape index (κ3) is 5.39. The van der Waals surface area contributed by atoms with Gasteiger partial charge in [0.05, 0.1) is 21.2 Å². The van der Waals surface area contributed by atoms with Crippen LogP contribution in [0.2, 0.25) is 15.1 Å². The summed E-state index contributed by atoms with van der Waals surface area (Å²) in [6, 6.07) is 21.9. The Hall–Kier alpha value is -2.56. The molecule has 1 aromatic heterocycles. The second-order valence-corrected chi connectivity index (χ2v) is 9.35. The minimum absolute atomic E-state index is 0.205. The smallest absolute Gasteiger partial charge is 0.279 e. The van der Waals surface area contributed by atoms with Gasteiger partial charge in [-0.15, -0.1) is 0 Å². The maximum Gasteiger partial charge on any atom is 0.522 e. The van der Waals surface area contributed by atoms with Crippen molar-refractivity contribution >= 4 is 55.8 Å². The van der Waals surface area contributed by atoms with Gasteiger partial charge in [0.25, 0.3) is 5.56 Å². The summed E-state index contributed by atoms with van der Waals surface area (Å²) in [7, 11) is -5.84. The van der Waals surface area contributed by atoms with Crippen molar-refractivity contribution in [2.75, 3.05) is 0 Å². The molecule has 0 bridgehead atoms. The molecule has 3 aromatic carbocycles. The maximum absolute atomic E-state index is 12.7. The zero-order valence-electron chi connectivity index (χ0n) is 16.7. The van der Waals surface area contributed by atoms with Gasteiger partial charge in [-0.05, 0) is 35.9 Å². The summed E-state index contributed by atoms with van der Waals surface area (Å²) in [6.07, 6.45) is 0. The van der Waals surface area contributed by atoms with E-state index < -0.39 is 15.6 Å². The minimum atomic E-state index is -5.84. The zero-order chi connectivity index (χ0) is 25.3. The van der Waals surface area contributed by atoms with Gasteiger partial charge in [-0.2, -0.15) is 21.6 Å². The first kappa shape index (κ1) is 26.1. The number of fused-ring (bicyclic) bond motifs is 1. The van der Waals surface area contributed by atoms with E-state index in [1.165, 1.54) is 6.07 Å². The zero-order valence-corrected chi connectivity index (χ0v) is 19.8. The fraction of sp³-hybridized carbons (Fsp3) is 0.0455. The molecular formula is C22H13Cl3F3NO4S. The van der Waals surface area contributed by atoms with E-state index in [1.54, 1.807) is 28.8 Å². The molecule has 0 atom stereocenters. The van der Waals surface area contributed by atoms with E-state index in [-0.39, 0.29) is 5.56 Å². The molecule has 0 aliphatic carbocycles. The average Bonchev–Trinajstić information content (AvgIpc) is 2.74. The van der Waals surface area contributed by atoms with E-state index in [2.05, 4.69) is 0 Å². The van der Waals surface area contributed by atoms with Gasteiger partial charge < -0.3 is 0 Å². The largest absolute Gasteiger partial charge is 0.522 e. The fourth-order valence-corrected chi connectivity index (χ4v) is 3.92. The highest BCUT2D eigenvalue weighted by Gasteiger charge is 2.44. The Bertz CT molecular complexity index is 1520. The molecule has 0 saturated carbocycles. The first-order valence-corrected chi connectivity index (χ1v) is 11.8. The Morgan fingerprint density at radius 1 is 0.735 bits per heavy atom. The molecule has 5 nitrogen and oxygen atoms in total. The molecule has 1 N–H and O–H groups in total. The number of para-hydroxylation sites is 1. The van der Waals surface area contributed by atoms with Gasteiger partial charge in [0.1, 0.15) is 0 Å². The standard InChI is InChI=1S/C21H12Cl3NO.CHF3O3S/c22-16-7-2-1-5-14(16)13-6-3-10-19-15(13)11-12-20(26)25(19)21-17(23)8-4-9-18(21)24;2-1(3,4)8(5,6)7/h1-12H;(H,5,6,7). The summed E-state index contributed by atoms with van der Waals surface area (Å²) < 4.78 is 59.1. The SMILES string of the molecule is O=S(=O)(O)C(F)(F)F.O=c1ccc2c(-c3ccccc3Cl)cccc2n1-c1c(Cl)cccc1Cl. The van der Waals surface area contributed by atoms with E-state index in [9.17, 15) is 18.0 Å². The van der Waals surface area contributed by atoms with Crippen LogP contribution in [-0.4, -0.2) is 23.0 Å². The Morgan fingerprint density at radius 2 is 1.24 bits per heavy atom. The monoisotopic (exact) mass is 549 g/mol. The van der Waals surface area contributed by atoms with Gasteiger partial charge in [-0.25, -0.2) is 0 Å². The molecule has 4 rings (SSSR count). The van der Waals surface area contributed by atoms with Crippen molar-refractivity contribution < 1.29 is 26.1 Å². The normalized spacial score (nSPS) is 11.7. The summed E-state index contributed by atoms with van der Waals surface area (Å²) in [4.78, 5) is 12.7. The first-order valence-electron chi connectivity index (χ1n) is 9.20. The van der Waals surface area contributed by atoms with Crippen LogP contribution in [0.5, 0.6) is 0 Å². The Labute approximate surface area is 206 Å². The van der Waals surface area contributed by atoms with E-state index >= 15 is 0 Å². The van der Waals surface area contributed by atoms with E-state index in [1.807, 2.05) is 42.5 Å². The third-order valence-electron chi connectivity index (χ3n) is 4.55. The average molecular weight is 551 g/mol. The quantitative estimate of drug-likeness (QED) is 0.215. The lowest BCUT2D eigenvalue weighted by molar-refractivity contribution is -0.0510. The van der Waals surface area contributed by atoms with Crippen molar-refractivity contribution in [3.8, 4) is 16.8 Å². The lowest BCUT2D eigenvalue weighted by atomic mass is 10.0. The topological polar surface area (TPSA) is 76.4 Å². The molecule has 12 heteroatoms. The van der Waals surface area contributed by atoms with Crippen LogP contribution >= 0.6 is 34.8 Å². The van der Waals surface area contributed by atoms with Crippen molar-refractivity contribution in [3.05, 3.63) is 98.2 Å². The number of benzene rings is 3. The Kier molecular flexibility index (Phi) is 7.64. The van der Waals surface area contributed by atoms with Crippen LogP contribution < -0.4 is 5.56 Å². The summed E-state index contributed by atoms with van der Waals surface area (Å²) in [6.45, 7) is 0. The Morgan fingerprint density at radius 3 is 1.79 bits per heavy atom. The van der Waals surface area contributed by atoms with Gasteiger partial charge in [0, 0.05) is 22.0 Å². The molecule has 0 amide bonds. The molecule has 0 aliphatic rings. The van der Waals surface area contributed by atoms with Gasteiger partial charge in [0.2, 0.25) is 0 Å². The van der Waals surface area contributed by atoms with Crippen molar-refractivity contribution in [1.82, 2.24) is 4.57 Å². The fourth-order valence-electron chi connectivity index (χ4n) is 3.12. The second kappa shape index (κ2) is 9.97. The summed E-state index contributed by atoms with van der Waals surface area (Å²) in [5, 5.41) is 2.36. The molecule has 0 unspecified atom stereocenters. The van der Waals surface area contributed by atoms with Crippen LogP contribution in [0.4, 0.5) is 13.2 Å². The lowest BCUT2D eigenvalue weighted by Gasteiger charge is -2.15. The summed E-state index contributed by atoms with van der Waals surface area (Å²) >= 11 is 19.1. The van der Waals surface area contributed by atoms with E-state index in [4.69, 9.17) is 47.8 Å². The number of hydrogen-bond donors (Lipinski definition) is 1. The van der Waals surface area contributed by atoms with Gasteiger partial charge in [-0.1, -0.05) is 71.2 Å². The number of pyridine rings is 1. The second-order valence-electron chi connectivity index (χ2n) is 6.72. The molecule has 0 saturated heterocycles. The minimum Gasteiger partial charge on any atom is -0.279 e. The highest BCUT2D eigenvalue weighted by atomic mass is 35.5. The van der Waals surface area contributed by atoms with Gasteiger partial charge >= 0.3 is 15.6 Å². The summed E-state index contributed by atoms with van der Waals surface area (Å²) in [5.74, 6) is 0. The molecule has 4 aromatic rings. The molecule has 1 heterocycles. The first-order chi connectivity index (χ1) is 15.8. The highest BCUT2D eigenvalue weighted by molar-refractivity contribution is 7.86. The molecule has 0 aliphatic heterocycles. The predicted octanol–water partition coefficient (Wildman–Crippen LogP) is 7.01. The third-order valence-corrected chi connectivity index (χ3v) is 6.08. The summed E-state index contributed by atoms with van der Waals surface area (Å²) in [5.41, 5.74) is -2.72. The van der Waals surface area contributed by atoms with Crippen molar-refractivity contribution in [2.45, 2.75) is 5.51 Å². The van der Waals surface area contributed by atoms with Crippen molar-refractivity contribution in [1.29, 1.82) is 0 Å². The van der Waals surface area contributed by atoms with Crippen molar-refractivity contribution in [2.24, 2.45) is 0 Å². The van der Waals surface area contributed by atoms with E-state index in [0.717, 1.165) is 16.5 Å². The molecule has 178 valence electrons. The maximum atomic E-state index is 12.7. The van der Waals surface area contributed by atoms with Crippen molar-refractivity contribution in [3.63, 3.8) is 0 Å². The molecule has 0 fully saturated rings. The number of nitrogens with zero attached hydrogens (tertiary/aromatic N) is 1. The van der Waals surface area contributed by atoms with Crippen LogP contribution in [0.1, 0.15) is 0 Å². The Balaban J connectivity index is 0.000000350. The number of aromatic nitrogens is 1. The molecule has 0 radical (unpaired) electrons. The van der Waals surface area contributed by atoms with Crippen LogP contribution in [0.3, 0.4) is 0 Å². The molecular weight excluding hydrogens is 538 g/mol. The van der Waals surface area contributed by atoms with E-state index in [0.29, 0.717) is 26.3 Å². The number of halogens is 6. The van der Waals surface area contributed by atoms with Crippen LogP contribution in [0, 0.1) is 0 Å². The number of alkyl halides is 3. The molecule has 34 heavy (non-hydrogen) atoms. The predicted molar refractivity (Wildman–Crippen MR) is 128 cm³/mol. The lowest BCUT2D eigenvalue weighted by Crippen LogP contribution is -2.21. The van der Waals surface area contributed by atoms with Gasteiger partial charge in [0.15, 0.2) is 0 Å². The van der Waals surface area contributed by atoms with Crippen LogP contribution in [-0.2, 0) is 10.1 Å². The van der Waals surface area contributed by atoms with Gasteiger partial charge in [-0.3, -0.25) is 13.9 Å². The number of hydrogen-bond acceptors (Lipinski definition) is 3. The molecule has 0 spiro atoms. The van der Waals surface area contributed by atoms with Crippen LogP contribution in [0.25, 0.3) is 27.7 Å². The van der Waals surface area contributed by atoms with Crippen LogP contribution in [0.15, 0.2) is 77.6 Å². The number of rotatable bonds is 2. The highest BCUT2D eigenvalue weighted by Crippen LogP contribution is 2.35.